The van der Waals surface area contributed by atoms with Crippen LogP contribution in [0.25, 0.3) is 32.4 Å². The number of rotatable bonds is 6. The predicted molar refractivity (Wildman–Crippen MR) is 120 cm³/mol. The topological polar surface area (TPSA) is 103 Å². The molecule has 0 aliphatic rings. The minimum atomic E-state index is -0.276. The Balaban J connectivity index is 1.67. The largest absolute Gasteiger partial charge is 0.352 e. The maximum Gasteiger partial charge on any atom is 0.268 e. The number of amides is 1. The molecule has 160 valence electrons. The number of halogens is 1. The van der Waals surface area contributed by atoms with Crippen molar-refractivity contribution in [2.45, 2.75) is 39.8 Å². The van der Waals surface area contributed by atoms with Crippen LogP contribution in [-0.2, 0) is 11.3 Å². The second-order valence-electron chi connectivity index (χ2n) is 7.22. The summed E-state index contributed by atoms with van der Waals surface area (Å²) in [4.78, 5) is 35.3. The smallest absolute Gasteiger partial charge is 0.268 e. The zero-order valence-electron chi connectivity index (χ0n) is 17.2. The Hall–Kier alpha value is -3.04. The Morgan fingerprint density at radius 2 is 2.06 bits per heavy atom. The summed E-state index contributed by atoms with van der Waals surface area (Å²) in [6.45, 7) is 5.63. The predicted octanol–water partition coefficient (Wildman–Crippen LogP) is 4.05. The molecule has 3 heterocycles. The Kier molecular flexibility index (Phi) is 5.88. The standard InChI is InChI=1S/C21H20ClN5O3S/c1-4-11(2)24-15(28)9-27-10-23-20-16(21(27)29)12(3)17(31-20)19-25-18(26-30-19)13-5-7-14(22)8-6-13/h5-8,10-11H,4,9H2,1-3H3,(H,24,28)/t11-/m1/s1. The zero-order valence-corrected chi connectivity index (χ0v) is 18.8. The van der Waals surface area contributed by atoms with Crippen molar-refractivity contribution in [2.75, 3.05) is 0 Å². The van der Waals surface area contributed by atoms with Gasteiger partial charge < -0.3 is 9.84 Å². The lowest BCUT2D eigenvalue weighted by molar-refractivity contribution is -0.122. The Morgan fingerprint density at radius 1 is 1.32 bits per heavy atom. The minimum Gasteiger partial charge on any atom is -0.352 e. The van der Waals surface area contributed by atoms with Crippen LogP contribution in [0.5, 0.6) is 0 Å². The number of carbonyl (C=O) groups is 1. The molecule has 0 saturated carbocycles. The first-order valence-corrected chi connectivity index (χ1v) is 10.9. The third-order valence-electron chi connectivity index (χ3n) is 4.97. The molecule has 1 aromatic carbocycles. The fourth-order valence-corrected chi connectivity index (χ4v) is 4.27. The van der Waals surface area contributed by atoms with Gasteiger partial charge in [0.25, 0.3) is 11.4 Å². The summed E-state index contributed by atoms with van der Waals surface area (Å²) in [6, 6.07) is 7.16. The van der Waals surface area contributed by atoms with Crippen molar-refractivity contribution in [3.8, 4) is 22.2 Å². The highest BCUT2D eigenvalue weighted by Crippen LogP contribution is 2.35. The van der Waals surface area contributed by atoms with Crippen molar-refractivity contribution in [3.05, 3.63) is 51.5 Å². The molecule has 4 rings (SSSR count). The van der Waals surface area contributed by atoms with E-state index in [1.165, 1.54) is 22.2 Å². The summed E-state index contributed by atoms with van der Waals surface area (Å²) in [7, 11) is 0. The highest BCUT2D eigenvalue weighted by Gasteiger charge is 2.21. The zero-order chi connectivity index (χ0) is 22.1. The number of hydrogen-bond donors (Lipinski definition) is 1. The second kappa shape index (κ2) is 8.60. The van der Waals surface area contributed by atoms with E-state index in [-0.39, 0.29) is 24.1 Å². The number of nitrogens with zero attached hydrogens (tertiary/aromatic N) is 4. The molecule has 1 atom stereocenters. The number of carbonyl (C=O) groups excluding carboxylic acids is 1. The van der Waals surface area contributed by atoms with E-state index in [9.17, 15) is 9.59 Å². The highest BCUT2D eigenvalue weighted by atomic mass is 35.5. The fraction of sp³-hybridized carbons (Fsp3) is 0.286. The monoisotopic (exact) mass is 457 g/mol. The Morgan fingerprint density at radius 3 is 2.77 bits per heavy atom. The number of benzene rings is 1. The van der Waals surface area contributed by atoms with Crippen LogP contribution in [0, 0.1) is 6.92 Å². The molecule has 0 radical (unpaired) electrons. The van der Waals surface area contributed by atoms with Crippen LogP contribution in [0.4, 0.5) is 0 Å². The van der Waals surface area contributed by atoms with E-state index in [2.05, 4.69) is 20.4 Å². The maximum absolute atomic E-state index is 13.0. The number of aryl methyl sites for hydroxylation is 1. The van der Waals surface area contributed by atoms with E-state index >= 15 is 0 Å². The van der Waals surface area contributed by atoms with Crippen LogP contribution in [0.3, 0.4) is 0 Å². The second-order valence-corrected chi connectivity index (χ2v) is 8.66. The molecule has 0 aliphatic heterocycles. The quantitative estimate of drug-likeness (QED) is 0.468. The highest BCUT2D eigenvalue weighted by molar-refractivity contribution is 7.22. The Labute approximate surface area is 186 Å². The van der Waals surface area contributed by atoms with E-state index < -0.39 is 0 Å². The van der Waals surface area contributed by atoms with Gasteiger partial charge in [-0.2, -0.15) is 4.98 Å². The molecule has 1 amide bonds. The van der Waals surface area contributed by atoms with Crippen LogP contribution in [-0.4, -0.2) is 31.6 Å². The average Bonchev–Trinajstić information content (AvgIpc) is 3.35. The summed E-state index contributed by atoms with van der Waals surface area (Å²) in [6.07, 6.45) is 2.21. The lowest BCUT2D eigenvalue weighted by Gasteiger charge is -2.12. The molecule has 3 aromatic heterocycles. The van der Waals surface area contributed by atoms with Gasteiger partial charge in [0, 0.05) is 16.6 Å². The van der Waals surface area contributed by atoms with E-state index in [1.807, 2.05) is 20.8 Å². The van der Waals surface area contributed by atoms with Crippen molar-refractivity contribution in [2.24, 2.45) is 0 Å². The molecule has 1 N–H and O–H groups in total. The number of thiophene rings is 1. The third-order valence-corrected chi connectivity index (χ3v) is 6.41. The summed E-state index contributed by atoms with van der Waals surface area (Å²) in [5.74, 6) is 0.511. The van der Waals surface area contributed by atoms with Gasteiger partial charge >= 0.3 is 0 Å². The molecule has 31 heavy (non-hydrogen) atoms. The third kappa shape index (κ3) is 4.24. The van der Waals surface area contributed by atoms with Gasteiger partial charge in [-0.3, -0.25) is 14.2 Å². The van der Waals surface area contributed by atoms with Crippen LogP contribution >= 0.6 is 22.9 Å². The molecular weight excluding hydrogens is 438 g/mol. The number of hydrogen-bond acceptors (Lipinski definition) is 7. The number of aromatic nitrogens is 4. The minimum absolute atomic E-state index is 0.0433. The summed E-state index contributed by atoms with van der Waals surface area (Å²) in [5.41, 5.74) is 1.19. The molecule has 0 unspecified atom stereocenters. The number of nitrogens with one attached hydrogen (secondary N) is 1. The van der Waals surface area contributed by atoms with Gasteiger partial charge in [-0.05, 0) is 50.1 Å². The molecule has 4 aromatic rings. The van der Waals surface area contributed by atoms with Crippen molar-refractivity contribution in [1.29, 1.82) is 0 Å². The van der Waals surface area contributed by atoms with Gasteiger partial charge in [0.1, 0.15) is 11.4 Å². The first-order chi connectivity index (χ1) is 14.9. The Bertz CT molecular complexity index is 1310. The van der Waals surface area contributed by atoms with E-state index in [4.69, 9.17) is 16.1 Å². The van der Waals surface area contributed by atoms with E-state index in [0.29, 0.717) is 37.4 Å². The van der Waals surface area contributed by atoms with Gasteiger partial charge in [0.2, 0.25) is 11.7 Å². The van der Waals surface area contributed by atoms with Crippen molar-refractivity contribution in [1.82, 2.24) is 25.0 Å². The summed E-state index contributed by atoms with van der Waals surface area (Å²) in [5, 5.41) is 7.96. The van der Waals surface area contributed by atoms with Crippen LogP contribution in [0.1, 0.15) is 25.8 Å². The van der Waals surface area contributed by atoms with Crippen LogP contribution in [0.2, 0.25) is 5.02 Å². The van der Waals surface area contributed by atoms with E-state index in [1.54, 1.807) is 24.3 Å². The van der Waals surface area contributed by atoms with Crippen molar-refractivity contribution < 1.29 is 9.32 Å². The van der Waals surface area contributed by atoms with Gasteiger partial charge in [0.05, 0.1) is 16.6 Å². The van der Waals surface area contributed by atoms with Crippen molar-refractivity contribution >= 4 is 39.1 Å². The fourth-order valence-electron chi connectivity index (χ4n) is 3.08. The lowest BCUT2D eigenvalue weighted by atomic mass is 10.2. The average molecular weight is 458 g/mol. The molecule has 10 heteroatoms. The molecular formula is C21H20ClN5O3S. The molecule has 0 spiro atoms. The first-order valence-electron chi connectivity index (χ1n) is 9.75. The van der Waals surface area contributed by atoms with Gasteiger partial charge in [-0.1, -0.05) is 23.7 Å². The molecule has 0 saturated heterocycles. The van der Waals surface area contributed by atoms with Crippen LogP contribution in [0.15, 0.2) is 39.9 Å². The van der Waals surface area contributed by atoms with Crippen molar-refractivity contribution in [3.63, 3.8) is 0 Å². The molecule has 0 aliphatic carbocycles. The maximum atomic E-state index is 13.0. The lowest BCUT2D eigenvalue weighted by Crippen LogP contribution is -2.37. The SMILES string of the molecule is CC[C@@H](C)NC(=O)Cn1cnc2sc(-c3nc(-c4ccc(Cl)cc4)no3)c(C)c2c1=O. The molecule has 0 fully saturated rings. The first kappa shape index (κ1) is 21.2. The van der Waals surface area contributed by atoms with Gasteiger partial charge in [-0.25, -0.2) is 4.98 Å². The van der Waals surface area contributed by atoms with E-state index in [0.717, 1.165) is 12.0 Å². The number of fused-ring (bicyclic) bond motifs is 1. The van der Waals surface area contributed by atoms with Gasteiger partial charge in [-0.15, -0.1) is 11.3 Å². The summed E-state index contributed by atoms with van der Waals surface area (Å²) < 4.78 is 6.77. The molecule has 0 bridgehead atoms. The van der Waals surface area contributed by atoms with Gasteiger partial charge in [0.15, 0.2) is 0 Å². The molecule has 8 nitrogen and oxygen atoms in total. The normalized spacial score (nSPS) is 12.3. The van der Waals surface area contributed by atoms with Crippen LogP contribution < -0.4 is 10.9 Å². The summed E-state index contributed by atoms with van der Waals surface area (Å²) >= 11 is 7.23.